The molecule has 26 heavy (non-hydrogen) atoms. The number of para-hydroxylation sites is 1. The van der Waals surface area contributed by atoms with Gasteiger partial charge in [0.25, 0.3) is 5.56 Å². The van der Waals surface area contributed by atoms with Crippen molar-refractivity contribution in [1.82, 2.24) is 9.78 Å². The van der Waals surface area contributed by atoms with Crippen LogP contribution in [0.1, 0.15) is 25.3 Å². The molecule has 0 bridgehead atoms. The summed E-state index contributed by atoms with van der Waals surface area (Å²) in [6.07, 6.45) is 3.24. The fourth-order valence-electron chi connectivity index (χ4n) is 2.95. The molecule has 8 heteroatoms. The van der Waals surface area contributed by atoms with E-state index in [-0.39, 0.29) is 11.7 Å². The summed E-state index contributed by atoms with van der Waals surface area (Å²) in [6, 6.07) is 7.05. The Kier molecular flexibility index (Phi) is 5.90. The molecule has 0 radical (unpaired) electrons. The first kappa shape index (κ1) is 18.4. The van der Waals surface area contributed by atoms with Crippen molar-refractivity contribution in [3.05, 3.63) is 51.9 Å². The van der Waals surface area contributed by atoms with Gasteiger partial charge in [-0.25, -0.2) is 9.48 Å². The smallest absolute Gasteiger partial charge is 0.328 e. The third-order valence-electron chi connectivity index (χ3n) is 4.34. The Labute approximate surface area is 155 Å². The second kappa shape index (κ2) is 8.33. The van der Waals surface area contributed by atoms with Gasteiger partial charge in [-0.3, -0.25) is 4.79 Å². The highest BCUT2D eigenvalue weighted by molar-refractivity contribution is 6.32. The minimum atomic E-state index is -1.08. The molecule has 3 rings (SSSR count). The highest BCUT2D eigenvalue weighted by atomic mass is 35.5. The molecule has 2 aromatic rings. The first-order valence-electron chi connectivity index (χ1n) is 8.36. The van der Waals surface area contributed by atoms with Crippen LogP contribution in [0.5, 0.6) is 11.5 Å². The third-order valence-corrected chi connectivity index (χ3v) is 4.66. The number of aliphatic carboxylic acids is 1. The van der Waals surface area contributed by atoms with Crippen molar-refractivity contribution in [2.24, 2.45) is 5.92 Å². The Balaban J connectivity index is 1.79. The molecular formula is C18H19ClN2O5. The minimum Gasteiger partial charge on any atom is -0.480 e. The van der Waals surface area contributed by atoms with Gasteiger partial charge in [0.05, 0.1) is 11.2 Å². The summed E-state index contributed by atoms with van der Waals surface area (Å²) in [6.45, 7) is 1.23. The van der Waals surface area contributed by atoms with Crippen LogP contribution in [0.3, 0.4) is 0 Å². The molecule has 1 aliphatic heterocycles. The van der Waals surface area contributed by atoms with E-state index in [1.54, 1.807) is 24.3 Å². The third kappa shape index (κ3) is 4.42. The van der Waals surface area contributed by atoms with Crippen LogP contribution in [0, 0.1) is 5.92 Å². The summed E-state index contributed by atoms with van der Waals surface area (Å²) in [5, 5.41) is 14.0. The highest BCUT2D eigenvalue weighted by Crippen LogP contribution is 2.28. The van der Waals surface area contributed by atoms with Gasteiger partial charge in [-0.05, 0) is 37.3 Å². The lowest BCUT2D eigenvalue weighted by Crippen LogP contribution is -2.33. The number of halogens is 1. The molecule has 1 aromatic heterocycles. The molecule has 1 atom stereocenters. The lowest BCUT2D eigenvalue weighted by atomic mass is 9.92. The zero-order valence-corrected chi connectivity index (χ0v) is 14.8. The number of aromatic nitrogens is 2. The number of ether oxygens (including phenoxy) is 2. The molecule has 0 saturated carbocycles. The Morgan fingerprint density at radius 2 is 2.12 bits per heavy atom. The van der Waals surface area contributed by atoms with Crippen LogP contribution < -0.4 is 10.3 Å². The van der Waals surface area contributed by atoms with Gasteiger partial charge in [0.15, 0.2) is 11.8 Å². The maximum absolute atomic E-state index is 12.4. The fourth-order valence-corrected chi connectivity index (χ4v) is 3.12. The van der Waals surface area contributed by atoms with E-state index in [9.17, 15) is 14.7 Å². The number of nitrogens with zero attached hydrogens (tertiary/aromatic N) is 2. The Morgan fingerprint density at radius 3 is 2.77 bits per heavy atom. The van der Waals surface area contributed by atoms with Crippen LogP contribution in [0.4, 0.5) is 0 Å². The highest BCUT2D eigenvalue weighted by Gasteiger charge is 2.27. The first-order chi connectivity index (χ1) is 12.5. The first-order valence-corrected chi connectivity index (χ1v) is 8.74. The van der Waals surface area contributed by atoms with E-state index in [0.29, 0.717) is 30.4 Å². The van der Waals surface area contributed by atoms with Crippen molar-refractivity contribution in [2.45, 2.75) is 25.3 Å². The average molecular weight is 379 g/mol. The summed E-state index contributed by atoms with van der Waals surface area (Å²) in [5.41, 5.74) is -0.533. The average Bonchev–Trinajstić information content (AvgIpc) is 2.63. The number of benzene rings is 1. The minimum absolute atomic E-state index is 0.192. The second-order valence-electron chi connectivity index (χ2n) is 6.15. The van der Waals surface area contributed by atoms with Crippen LogP contribution in [0.2, 0.25) is 5.02 Å². The van der Waals surface area contributed by atoms with Crippen molar-refractivity contribution < 1.29 is 19.4 Å². The van der Waals surface area contributed by atoms with E-state index < -0.39 is 17.6 Å². The maximum Gasteiger partial charge on any atom is 0.328 e. The predicted octanol–water partition coefficient (Wildman–Crippen LogP) is 3.13. The van der Waals surface area contributed by atoms with Gasteiger partial charge in [0, 0.05) is 19.3 Å². The monoisotopic (exact) mass is 378 g/mol. The SMILES string of the molecule is O=C(O)C(CC1CCOCC1)n1ncc(Oc2ccccc2Cl)cc1=O. The molecule has 138 valence electrons. The van der Waals surface area contributed by atoms with Crippen molar-refractivity contribution in [1.29, 1.82) is 0 Å². The molecule has 1 unspecified atom stereocenters. The zero-order valence-electron chi connectivity index (χ0n) is 14.0. The van der Waals surface area contributed by atoms with Crippen molar-refractivity contribution in [3.8, 4) is 11.5 Å². The molecule has 1 aromatic carbocycles. The fraction of sp³-hybridized carbons (Fsp3) is 0.389. The van der Waals surface area contributed by atoms with Crippen LogP contribution in [0.25, 0.3) is 0 Å². The molecule has 1 saturated heterocycles. The zero-order chi connectivity index (χ0) is 18.5. The van der Waals surface area contributed by atoms with Crippen molar-refractivity contribution in [2.75, 3.05) is 13.2 Å². The number of rotatable bonds is 6. The molecule has 0 aliphatic carbocycles. The van der Waals surface area contributed by atoms with E-state index in [0.717, 1.165) is 17.5 Å². The Morgan fingerprint density at radius 1 is 1.38 bits per heavy atom. The van der Waals surface area contributed by atoms with E-state index in [2.05, 4.69) is 5.10 Å². The topological polar surface area (TPSA) is 90.7 Å². The molecule has 7 nitrogen and oxygen atoms in total. The molecular weight excluding hydrogens is 360 g/mol. The maximum atomic E-state index is 12.4. The van der Waals surface area contributed by atoms with Crippen LogP contribution in [-0.2, 0) is 9.53 Å². The molecule has 1 aliphatic rings. The lowest BCUT2D eigenvalue weighted by molar-refractivity contribution is -0.142. The molecule has 0 spiro atoms. The summed E-state index contributed by atoms with van der Waals surface area (Å²) in [7, 11) is 0. The van der Waals surface area contributed by atoms with Crippen LogP contribution in [-0.4, -0.2) is 34.1 Å². The standard InChI is InChI=1S/C18H19ClN2O5/c19-14-3-1-2-4-16(14)26-13-10-17(22)21(20-11-13)15(18(23)24)9-12-5-7-25-8-6-12/h1-4,10-12,15H,5-9H2,(H,23,24). The van der Waals surface area contributed by atoms with Crippen LogP contribution >= 0.6 is 11.6 Å². The van der Waals surface area contributed by atoms with E-state index in [1.807, 2.05) is 0 Å². The number of hydrogen-bond acceptors (Lipinski definition) is 5. The molecule has 2 heterocycles. The molecule has 1 fully saturated rings. The van der Waals surface area contributed by atoms with E-state index in [1.165, 1.54) is 12.3 Å². The van der Waals surface area contributed by atoms with Gasteiger partial charge in [0.2, 0.25) is 0 Å². The number of carboxylic acid groups (broad SMARTS) is 1. The van der Waals surface area contributed by atoms with Gasteiger partial charge in [0.1, 0.15) is 5.75 Å². The van der Waals surface area contributed by atoms with Gasteiger partial charge < -0.3 is 14.6 Å². The summed E-state index contributed by atoms with van der Waals surface area (Å²) < 4.78 is 11.9. The second-order valence-corrected chi connectivity index (χ2v) is 6.56. The summed E-state index contributed by atoms with van der Waals surface area (Å²) in [4.78, 5) is 24.1. The van der Waals surface area contributed by atoms with E-state index >= 15 is 0 Å². The largest absolute Gasteiger partial charge is 0.480 e. The summed E-state index contributed by atoms with van der Waals surface area (Å²) in [5.74, 6) is -0.289. The molecule has 0 amide bonds. The van der Waals surface area contributed by atoms with Gasteiger partial charge in [-0.1, -0.05) is 23.7 Å². The van der Waals surface area contributed by atoms with E-state index in [4.69, 9.17) is 21.1 Å². The number of hydrogen-bond donors (Lipinski definition) is 1. The van der Waals surface area contributed by atoms with Gasteiger partial charge in [-0.2, -0.15) is 5.10 Å². The van der Waals surface area contributed by atoms with Gasteiger partial charge in [-0.15, -0.1) is 0 Å². The quantitative estimate of drug-likeness (QED) is 0.830. The van der Waals surface area contributed by atoms with Crippen molar-refractivity contribution in [3.63, 3.8) is 0 Å². The van der Waals surface area contributed by atoms with Crippen molar-refractivity contribution >= 4 is 17.6 Å². The Bertz CT molecular complexity index is 832. The normalized spacial score (nSPS) is 16.2. The lowest BCUT2D eigenvalue weighted by Gasteiger charge is -2.25. The molecule has 1 N–H and O–H groups in total. The predicted molar refractivity (Wildman–Crippen MR) is 94.9 cm³/mol. The Hall–Kier alpha value is -2.38. The number of carboxylic acids is 1. The van der Waals surface area contributed by atoms with Gasteiger partial charge >= 0.3 is 5.97 Å². The summed E-state index contributed by atoms with van der Waals surface area (Å²) >= 11 is 6.03. The van der Waals surface area contributed by atoms with Crippen LogP contribution in [0.15, 0.2) is 41.3 Å². The number of carbonyl (C=O) groups is 1.